The molecule has 11 heteroatoms. The molecule has 2 aliphatic heterocycles. The number of nitro groups is 1. The van der Waals surface area contributed by atoms with Gasteiger partial charge in [-0.05, 0) is 42.1 Å². The second-order valence-electron chi connectivity index (χ2n) is 6.68. The van der Waals surface area contributed by atoms with Gasteiger partial charge in [-0.15, -0.1) is 0 Å². The molecule has 5 rings (SSSR count). The lowest BCUT2D eigenvalue weighted by atomic mass is 10.1. The summed E-state index contributed by atoms with van der Waals surface area (Å²) in [5.41, 5.74) is 1.24. The fraction of sp³-hybridized carbons (Fsp3) is 0. The Kier molecular flexibility index (Phi) is 4.71. The molecule has 0 aliphatic carbocycles. The number of benzene rings is 1. The number of aromatic nitrogens is 1. The maximum absolute atomic E-state index is 12.6. The zero-order valence-electron chi connectivity index (χ0n) is 16.1. The fourth-order valence-electron chi connectivity index (χ4n) is 3.10. The van der Waals surface area contributed by atoms with Crippen LogP contribution in [0.5, 0.6) is 0 Å². The van der Waals surface area contributed by atoms with Crippen molar-refractivity contribution in [3.63, 3.8) is 0 Å². The number of nitro benzene ring substituents is 1. The first-order chi connectivity index (χ1) is 15.5. The van der Waals surface area contributed by atoms with Crippen LogP contribution in [0.2, 0.25) is 0 Å². The van der Waals surface area contributed by atoms with Gasteiger partial charge in [0.15, 0.2) is 5.84 Å². The standard InChI is InChI=1S/C21H12N6O4S/c22-18-16(10-15-6-7-17(31-15)12-3-1-5-14(9-12)27(29)30)19(28)24-21-26(18)25-20(32-21)13-4-2-8-23-11-13/h1-11,22H/b16-10-,22-18?. The van der Waals surface area contributed by atoms with E-state index in [1.54, 1.807) is 42.7 Å². The van der Waals surface area contributed by atoms with E-state index in [9.17, 15) is 14.9 Å². The Morgan fingerprint density at radius 1 is 1.16 bits per heavy atom. The summed E-state index contributed by atoms with van der Waals surface area (Å²) in [7, 11) is 0. The average Bonchev–Trinajstić information content (AvgIpc) is 3.45. The highest BCUT2D eigenvalue weighted by molar-refractivity contribution is 8.27. The number of aliphatic imine (C=N–C) groups is 1. The fourth-order valence-corrected chi connectivity index (χ4v) is 3.98. The van der Waals surface area contributed by atoms with Crippen molar-refractivity contribution in [2.24, 2.45) is 10.1 Å². The van der Waals surface area contributed by atoms with Gasteiger partial charge in [0.2, 0.25) is 5.17 Å². The molecule has 0 saturated carbocycles. The molecule has 0 atom stereocenters. The van der Waals surface area contributed by atoms with Gasteiger partial charge in [0.1, 0.15) is 16.6 Å². The second-order valence-corrected chi connectivity index (χ2v) is 7.63. The van der Waals surface area contributed by atoms with Crippen molar-refractivity contribution < 1.29 is 14.1 Å². The Bertz CT molecular complexity index is 1380. The minimum absolute atomic E-state index is 0.0190. The molecule has 0 saturated heterocycles. The zero-order valence-corrected chi connectivity index (χ0v) is 16.9. The zero-order chi connectivity index (χ0) is 22.2. The van der Waals surface area contributed by atoms with Gasteiger partial charge in [0.05, 0.1) is 10.5 Å². The molecule has 1 N–H and O–H groups in total. The number of furan rings is 1. The molecule has 0 spiro atoms. The molecule has 0 radical (unpaired) electrons. The van der Waals surface area contributed by atoms with Crippen LogP contribution in [0.4, 0.5) is 5.69 Å². The third-order valence-electron chi connectivity index (χ3n) is 4.62. The molecule has 156 valence electrons. The molecule has 3 aromatic rings. The number of amides is 1. The number of carbonyl (C=O) groups is 1. The van der Waals surface area contributed by atoms with E-state index >= 15 is 0 Å². The number of hydrazone groups is 1. The van der Waals surface area contributed by atoms with E-state index in [0.717, 1.165) is 5.56 Å². The summed E-state index contributed by atoms with van der Waals surface area (Å²) in [5, 5.41) is 26.0. The van der Waals surface area contributed by atoms with Crippen LogP contribution >= 0.6 is 11.8 Å². The van der Waals surface area contributed by atoms with Gasteiger partial charge < -0.3 is 4.42 Å². The number of pyridine rings is 1. The van der Waals surface area contributed by atoms with E-state index in [1.807, 2.05) is 6.07 Å². The number of non-ortho nitro benzene ring substituents is 1. The maximum Gasteiger partial charge on any atom is 0.283 e. The number of rotatable bonds is 4. The minimum atomic E-state index is -0.579. The van der Waals surface area contributed by atoms with Gasteiger partial charge in [-0.3, -0.25) is 25.3 Å². The van der Waals surface area contributed by atoms with Gasteiger partial charge in [-0.25, -0.2) is 0 Å². The number of amidine groups is 2. The minimum Gasteiger partial charge on any atom is -0.457 e. The molecule has 4 heterocycles. The second kappa shape index (κ2) is 7.71. The number of hydrogen-bond donors (Lipinski definition) is 1. The maximum atomic E-state index is 12.6. The first-order valence-electron chi connectivity index (χ1n) is 9.25. The summed E-state index contributed by atoms with van der Waals surface area (Å²) in [6, 6.07) is 12.9. The number of fused-ring (bicyclic) bond motifs is 1. The highest BCUT2D eigenvalue weighted by atomic mass is 32.2. The first kappa shape index (κ1) is 19.6. The van der Waals surface area contributed by atoms with Crippen LogP contribution in [0.25, 0.3) is 17.4 Å². The largest absolute Gasteiger partial charge is 0.457 e. The van der Waals surface area contributed by atoms with Crippen LogP contribution in [0.1, 0.15) is 11.3 Å². The van der Waals surface area contributed by atoms with Crippen LogP contribution in [0.3, 0.4) is 0 Å². The van der Waals surface area contributed by atoms with Crippen molar-refractivity contribution in [3.8, 4) is 11.3 Å². The highest BCUT2D eigenvalue weighted by Gasteiger charge is 2.36. The molecule has 2 aliphatic rings. The normalized spacial score (nSPS) is 16.8. The lowest BCUT2D eigenvalue weighted by Gasteiger charge is -2.19. The number of nitrogens with zero attached hydrogens (tertiary/aromatic N) is 5. The van der Waals surface area contributed by atoms with Crippen molar-refractivity contribution >= 4 is 45.5 Å². The van der Waals surface area contributed by atoms with Crippen LogP contribution in [0, 0.1) is 15.5 Å². The summed E-state index contributed by atoms with van der Waals surface area (Å²) in [6.45, 7) is 0. The Morgan fingerprint density at radius 2 is 2.00 bits per heavy atom. The molecule has 0 bridgehead atoms. The quantitative estimate of drug-likeness (QED) is 0.366. The van der Waals surface area contributed by atoms with E-state index < -0.39 is 10.8 Å². The smallest absolute Gasteiger partial charge is 0.283 e. The van der Waals surface area contributed by atoms with Gasteiger partial charge in [0.25, 0.3) is 11.6 Å². The van der Waals surface area contributed by atoms with Gasteiger partial charge in [-0.2, -0.15) is 15.1 Å². The van der Waals surface area contributed by atoms with Crippen LogP contribution in [-0.4, -0.2) is 36.9 Å². The van der Waals surface area contributed by atoms with Crippen molar-refractivity contribution in [2.45, 2.75) is 0 Å². The SMILES string of the molecule is N=C1/C(=C/c2ccc(-c3cccc([N+](=O)[O-])c3)o2)C(=O)N=C2SC(c3cccnc3)=NN12. The number of thioether (sulfide) groups is 1. The molecular formula is C21H12N6O4S. The van der Waals surface area contributed by atoms with Crippen molar-refractivity contribution in [2.75, 3.05) is 0 Å². The molecule has 0 fully saturated rings. The van der Waals surface area contributed by atoms with E-state index in [0.29, 0.717) is 27.3 Å². The summed E-state index contributed by atoms with van der Waals surface area (Å²) >= 11 is 1.19. The van der Waals surface area contributed by atoms with Gasteiger partial charge in [0, 0.05) is 35.7 Å². The molecule has 10 nitrogen and oxygen atoms in total. The average molecular weight is 444 g/mol. The van der Waals surface area contributed by atoms with Crippen molar-refractivity contribution in [1.82, 2.24) is 9.99 Å². The predicted octanol–water partition coefficient (Wildman–Crippen LogP) is 3.92. The van der Waals surface area contributed by atoms with Crippen LogP contribution < -0.4 is 0 Å². The van der Waals surface area contributed by atoms with E-state index in [4.69, 9.17) is 9.83 Å². The molecule has 0 unspecified atom stereocenters. The molecule has 1 amide bonds. The van der Waals surface area contributed by atoms with Gasteiger partial charge in [-0.1, -0.05) is 12.1 Å². The third-order valence-corrected chi connectivity index (χ3v) is 5.58. The molecule has 2 aromatic heterocycles. The number of carbonyl (C=O) groups excluding carboxylic acids is 1. The summed E-state index contributed by atoms with van der Waals surface area (Å²) in [5.74, 6) is -0.000847. The van der Waals surface area contributed by atoms with E-state index in [2.05, 4.69) is 15.1 Å². The summed E-state index contributed by atoms with van der Waals surface area (Å²) < 4.78 is 5.74. The summed E-state index contributed by atoms with van der Waals surface area (Å²) in [4.78, 5) is 31.2. The molecule has 1 aromatic carbocycles. The Morgan fingerprint density at radius 3 is 2.78 bits per heavy atom. The highest BCUT2D eigenvalue weighted by Crippen LogP contribution is 2.31. The third kappa shape index (κ3) is 3.50. The molecule has 32 heavy (non-hydrogen) atoms. The number of hydrogen-bond acceptors (Lipinski definition) is 8. The lowest BCUT2D eigenvalue weighted by Crippen LogP contribution is -2.35. The monoisotopic (exact) mass is 444 g/mol. The van der Waals surface area contributed by atoms with E-state index in [-0.39, 0.29) is 17.1 Å². The Labute approximate surface area is 184 Å². The van der Waals surface area contributed by atoms with Crippen molar-refractivity contribution in [3.05, 3.63) is 87.9 Å². The van der Waals surface area contributed by atoms with Crippen LogP contribution in [-0.2, 0) is 4.79 Å². The topological polar surface area (TPSA) is 138 Å². The Hall–Kier alpha value is -4.38. The predicted molar refractivity (Wildman–Crippen MR) is 119 cm³/mol. The van der Waals surface area contributed by atoms with Crippen molar-refractivity contribution in [1.29, 1.82) is 5.41 Å². The Balaban J connectivity index is 1.44. The first-order valence-corrected chi connectivity index (χ1v) is 10.1. The molecular weight excluding hydrogens is 432 g/mol. The van der Waals surface area contributed by atoms with E-state index in [1.165, 1.54) is 35.0 Å². The lowest BCUT2D eigenvalue weighted by molar-refractivity contribution is -0.384. The summed E-state index contributed by atoms with van der Waals surface area (Å²) in [6.07, 6.45) is 4.70. The van der Waals surface area contributed by atoms with Crippen LogP contribution in [0.15, 0.2) is 81.0 Å². The van der Waals surface area contributed by atoms with Gasteiger partial charge >= 0.3 is 0 Å². The number of nitrogens with one attached hydrogen (secondary N) is 1.